The number of aliphatic hydroxyl groups is 1. The first-order valence-electron chi connectivity index (χ1n) is 6.30. The third-order valence-corrected chi connectivity index (χ3v) is 2.53. The molecule has 0 radical (unpaired) electrons. The van der Waals surface area contributed by atoms with Gasteiger partial charge in [0.25, 0.3) is 0 Å². The van der Waals surface area contributed by atoms with Crippen molar-refractivity contribution in [3.63, 3.8) is 0 Å². The lowest BCUT2D eigenvalue weighted by Crippen LogP contribution is -2.42. The predicted molar refractivity (Wildman–Crippen MR) is 70.4 cm³/mol. The third-order valence-electron chi connectivity index (χ3n) is 2.53. The van der Waals surface area contributed by atoms with Gasteiger partial charge in [-0.15, -0.1) is 5.10 Å². The van der Waals surface area contributed by atoms with Gasteiger partial charge in [-0.3, -0.25) is 4.79 Å². The number of hydrogen-bond donors (Lipinski definition) is 3. The van der Waals surface area contributed by atoms with E-state index in [4.69, 9.17) is 14.9 Å². The number of carbonyl (C=O) groups is 2. The summed E-state index contributed by atoms with van der Waals surface area (Å²) in [5.41, 5.74) is 0.445. The SMILES string of the molecule is COCCN(CCO)C(=O)NCc1cn(CC(=O)O)nn1. The number of ether oxygens (including phenoxy) is 1. The van der Waals surface area contributed by atoms with Crippen LogP contribution >= 0.6 is 0 Å². The molecule has 118 valence electrons. The summed E-state index contributed by atoms with van der Waals surface area (Å²) < 4.78 is 6.05. The van der Waals surface area contributed by atoms with E-state index in [9.17, 15) is 9.59 Å². The van der Waals surface area contributed by atoms with Crippen molar-refractivity contribution in [2.24, 2.45) is 0 Å². The van der Waals surface area contributed by atoms with Crippen LogP contribution in [-0.4, -0.2) is 75.5 Å². The number of urea groups is 1. The number of nitrogens with one attached hydrogen (secondary N) is 1. The number of methoxy groups -OCH3 is 1. The molecule has 1 aromatic rings. The molecule has 1 heterocycles. The summed E-state index contributed by atoms with van der Waals surface area (Å²) in [7, 11) is 1.52. The van der Waals surface area contributed by atoms with E-state index < -0.39 is 5.97 Å². The summed E-state index contributed by atoms with van der Waals surface area (Å²) in [5, 5.41) is 27.5. The first-order valence-corrected chi connectivity index (χ1v) is 6.30. The second kappa shape index (κ2) is 8.87. The van der Waals surface area contributed by atoms with Gasteiger partial charge in [-0.25, -0.2) is 9.48 Å². The zero-order chi connectivity index (χ0) is 15.7. The molecule has 1 aromatic heterocycles. The highest BCUT2D eigenvalue weighted by molar-refractivity contribution is 5.74. The molecule has 0 atom stereocenters. The Hall–Kier alpha value is -2.20. The van der Waals surface area contributed by atoms with Gasteiger partial charge in [0.05, 0.1) is 26.0 Å². The van der Waals surface area contributed by atoms with Crippen LogP contribution in [0.2, 0.25) is 0 Å². The Kier molecular flexibility index (Phi) is 7.12. The maximum atomic E-state index is 11.9. The molecule has 0 saturated carbocycles. The van der Waals surface area contributed by atoms with Gasteiger partial charge in [0.15, 0.2) is 0 Å². The van der Waals surface area contributed by atoms with Crippen LogP contribution in [-0.2, 0) is 22.6 Å². The molecule has 0 spiro atoms. The zero-order valence-electron chi connectivity index (χ0n) is 11.7. The molecule has 3 N–H and O–H groups in total. The van der Waals surface area contributed by atoms with Crippen LogP contribution in [0.3, 0.4) is 0 Å². The number of carboxylic acid groups (broad SMARTS) is 1. The van der Waals surface area contributed by atoms with Crippen LogP contribution in [0.15, 0.2) is 6.20 Å². The number of aliphatic hydroxyl groups excluding tert-OH is 1. The van der Waals surface area contributed by atoms with E-state index in [2.05, 4.69) is 15.6 Å². The number of carboxylic acids is 1. The maximum Gasteiger partial charge on any atom is 0.325 e. The number of hydrogen-bond acceptors (Lipinski definition) is 6. The summed E-state index contributed by atoms with van der Waals surface area (Å²) in [6.45, 7) is 0.600. The van der Waals surface area contributed by atoms with E-state index in [1.165, 1.54) is 22.9 Å². The average molecular weight is 301 g/mol. The molecule has 0 saturated heterocycles. The van der Waals surface area contributed by atoms with Crippen molar-refractivity contribution in [3.8, 4) is 0 Å². The summed E-state index contributed by atoms with van der Waals surface area (Å²) in [6.07, 6.45) is 1.44. The standard InChI is InChI=1S/C11H19N5O5/c1-21-5-3-15(2-4-17)11(20)12-6-9-7-16(14-13-9)8-10(18)19/h7,17H,2-6,8H2,1H3,(H,12,20)(H,18,19). The first-order chi connectivity index (χ1) is 10.1. The Morgan fingerprint density at radius 1 is 1.48 bits per heavy atom. The Morgan fingerprint density at radius 3 is 2.86 bits per heavy atom. The van der Waals surface area contributed by atoms with Crippen molar-refractivity contribution in [2.75, 3.05) is 33.4 Å². The molecular formula is C11H19N5O5. The lowest BCUT2D eigenvalue weighted by molar-refractivity contribution is -0.137. The zero-order valence-corrected chi connectivity index (χ0v) is 11.7. The third kappa shape index (κ3) is 6.19. The van der Waals surface area contributed by atoms with E-state index >= 15 is 0 Å². The van der Waals surface area contributed by atoms with Gasteiger partial charge in [0.1, 0.15) is 12.2 Å². The highest BCUT2D eigenvalue weighted by Crippen LogP contribution is 1.95. The smallest absolute Gasteiger partial charge is 0.325 e. The number of aliphatic carboxylic acids is 1. The Labute approximate surface area is 121 Å². The number of nitrogens with zero attached hydrogens (tertiary/aromatic N) is 4. The largest absolute Gasteiger partial charge is 0.480 e. The Bertz CT molecular complexity index is 464. The first kappa shape index (κ1) is 16.9. The maximum absolute atomic E-state index is 11.9. The Balaban J connectivity index is 2.46. The number of amides is 2. The highest BCUT2D eigenvalue weighted by atomic mass is 16.5. The molecule has 2 amide bonds. The lowest BCUT2D eigenvalue weighted by Gasteiger charge is -2.21. The van der Waals surface area contributed by atoms with Crippen molar-refractivity contribution < 1.29 is 24.5 Å². The molecule has 0 unspecified atom stereocenters. The molecular weight excluding hydrogens is 282 g/mol. The second-order valence-electron chi connectivity index (χ2n) is 4.16. The second-order valence-corrected chi connectivity index (χ2v) is 4.16. The molecule has 1 rings (SSSR count). The summed E-state index contributed by atoms with van der Waals surface area (Å²) >= 11 is 0. The van der Waals surface area contributed by atoms with Crippen molar-refractivity contribution in [2.45, 2.75) is 13.1 Å². The van der Waals surface area contributed by atoms with E-state index in [0.29, 0.717) is 18.8 Å². The fourth-order valence-corrected chi connectivity index (χ4v) is 1.55. The minimum atomic E-state index is -1.02. The average Bonchev–Trinajstić information content (AvgIpc) is 2.87. The van der Waals surface area contributed by atoms with Gasteiger partial charge >= 0.3 is 12.0 Å². The van der Waals surface area contributed by atoms with E-state index in [1.54, 1.807) is 0 Å². The van der Waals surface area contributed by atoms with Crippen molar-refractivity contribution in [1.29, 1.82) is 0 Å². The predicted octanol–water partition coefficient (Wildman–Crippen LogP) is -1.49. The van der Waals surface area contributed by atoms with Gasteiger partial charge in [-0.2, -0.15) is 0 Å². The summed E-state index contributed by atoms with van der Waals surface area (Å²) in [4.78, 5) is 23.8. The molecule has 0 fully saturated rings. The summed E-state index contributed by atoms with van der Waals surface area (Å²) in [5.74, 6) is -1.02. The van der Waals surface area contributed by atoms with Crippen molar-refractivity contribution in [3.05, 3.63) is 11.9 Å². The van der Waals surface area contributed by atoms with Crippen LogP contribution in [0.25, 0.3) is 0 Å². The molecule has 0 aliphatic heterocycles. The Morgan fingerprint density at radius 2 is 2.24 bits per heavy atom. The molecule has 10 heteroatoms. The van der Waals surface area contributed by atoms with Crippen LogP contribution < -0.4 is 5.32 Å². The number of rotatable bonds is 9. The quantitative estimate of drug-likeness (QED) is 0.506. The molecule has 0 aliphatic carbocycles. The fourth-order valence-electron chi connectivity index (χ4n) is 1.55. The van der Waals surface area contributed by atoms with Crippen molar-refractivity contribution in [1.82, 2.24) is 25.2 Å². The van der Waals surface area contributed by atoms with Gasteiger partial charge in [-0.05, 0) is 0 Å². The summed E-state index contributed by atoms with van der Waals surface area (Å²) in [6, 6.07) is -0.367. The molecule has 0 aliphatic rings. The lowest BCUT2D eigenvalue weighted by atomic mass is 10.4. The topological polar surface area (TPSA) is 130 Å². The van der Waals surface area contributed by atoms with E-state index in [-0.39, 0.29) is 32.3 Å². The van der Waals surface area contributed by atoms with Gasteiger partial charge in [-0.1, -0.05) is 5.21 Å². The van der Waals surface area contributed by atoms with Crippen LogP contribution in [0.5, 0.6) is 0 Å². The van der Waals surface area contributed by atoms with E-state index in [0.717, 1.165) is 0 Å². The molecule has 10 nitrogen and oxygen atoms in total. The fraction of sp³-hybridized carbons (Fsp3) is 0.636. The van der Waals surface area contributed by atoms with Crippen molar-refractivity contribution >= 4 is 12.0 Å². The highest BCUT2D eigenvalue weighted by Gasteiger charge is 2.13. The number of carbonyl (C=O) groups excluding carboxylic acids is 1. The number of aromatic nitrogens is 3. The van der Waals surface area contributed by atoms with Crippen LogP contribution in [0.4, 0.5) is 4.79 Å². The van der Waals surface area contributed by atoms with Crippen LogP contribution in [0, 0.1) is 0 Å². The molecule has 21 heavy (non-hydrogen) atoms. The molecule has 0 bridgehead atoms. The van der Waals surface area contributed by atoms with E-state index in [1.807, 2.05) is 0 Å². The normalized spacial score (nSPS) is 10.4. The molecule has 0 aromatic carbocycles. The van der Waals surface area contributed by atoms with Gasteiger partial charge in [0, 0.05) is 20.2 Å². The minimum absolute atomic E-state index is 0.118. The van der Waals surface area contributed by atoms with Gasteiger partial charge < -0.3 is 25.2 Å². The van der Waals surface area contributed by atoms with Crippen LogP contribution in [0.1, 0.15) is 5.69 Å². The van der Waals surface area contributed by atoms with Gasteiger partial charge in [0.2, 0.25) is 0 Å². The monoisotopic (exact) mass is 301 g/mol. The minimum Gasteiger partial charge on any atom is -0.480 e.